The summed E-state index contributed by atoms with van der Waals surface area (Å²) in [6.45, 7) is 4.91. The molecule has 0 aliphatic carbocycles. The number of para-hydroxylation sites is 2. The van der Waals surface area contributed by atoms with E-state index in [9.17, 15) is 0 Å². The van der Waals surface area contributed by atoms with Gasteiger partial charge in [0, 0.05) is 52.9 Å². The average Bonchev–Trinajstić information content (AvgIpc) is 3.90. The maximum Gasteiger partial charge on any atom is 0.164 e. The van der Waals surface area contributed by atoms with Crippen molar-refractivity contribution in [3.05, 3.63) is 195 Å². The van der Waals surface area contributed by atoms with Gasteiger partial charge in [-0.05, 0) is 83.2 Å². The van der Waals surface area contributed by atoms with E-state index in [1.54, 1.807) is 0 Å². The van der Waals surface area contributed by atoms with Crippen molar-refractivity contribution in [2.24, 2.45) is 0 Å². The third-order valence-corrected chi connectivity index (χ3v) is 16.5. The van der Waals surface area contributed by atoms with Gasteiger partial charge in [-0.15, -0.1) is 0 Å². The number of aromatic nitrogens is 9. The van der Waals surface area contributed by atoms with E-state index in [1.165, 1.54) is 10.4 Å². The van der Waals surface area contributed by atoms with Crippen LogP contribution in [0.5, 0.6) is 0 Å². The molecule has 13 rings (SSSR count). The van der Waals surface area contributed by atoms with Gasteiger partial charge in [0.1, 0.15) is 30.1 Å². The van der Waals surface area contributed by atoms with Crippen molar-refractivity contribution >= 4 is 79.6 Å². The lowest BCUT2D eigenvalue weighted by Gasteiger charge is -2.42. The van der Waals surface area contributed by atoms with Crippen LogP contribution in [-0.4, -0.2) is 52.1 Å². The number of anilines is 3. The second-order valence-electron chi connectivity index (χ2n) is 17.1. The van der Waals surface area contributed by atoms with Gasteiger partial charge in [-0.1, -0.05) is 110 Å². The Bertz CT molecular complexity index is 3530. The fourth-order valence-corrected chi connectivity index (χ4v) is 13.0. The van der Waals surface area contributed by atoms with Crippen LogP contribution < -0.4 is 15.3 Å². The van der Waals surface area contributed by atoms with Crippen LogP contribution in [0, 0.1) is 0 Å². The summed E-state index contributed by atoms with van der Waals surface area (Å²) < 4.78 is 4.63. The minimum atomic E-state index is -2.21. The van der Waals surface area contributed by atoms with E-state index in [2.05, 4.69) is 112 Å². The smallest absolute Gasteiger partial charge is 0.164 e. The van der Waals surface area contributed by atoms with Gasteiger partial charge in [0.05, 0.1) is 39.1 Å². The van der Waals surface area contributed by atoms with Crippen molar-refractivity contribution in [2.75, 3.05) is 4.90 Å². The molecule has 0 saturated heterocycles. The first-order valence-electron chi connectivity index (χ1n) is 22.0. The number of fused-ring (bicyclic) bond motifs is 8. The predicted octanol–water partition coefficient (Wildman–Crippen LogP) is 11.3. The van der Waals surface area contributed by atoms with Crippen LogP contribution in [0.4, 0.5) is 17.1 Å². The molecule has 8 heterocycles. The molecule has 5 aromatic carbocycles. The SMILES string of the molecule is C[Si]1(C)c2ccccc2N(c2c(-n3c4cccnc4c4ncccc43)cc(-c3nc(-c4ccccc4)nc(-c4ccccc4)n3)cc2-n2c3cccnc3c3ncccc32)c2ccccc21. The molecule has 0 unspecified atom stereocenters. The normalized spacial score (nSPS) is 13.1. The summed E-state index contributed by atoms with van der Waals surface area (Å²) in [5.74, 6) is 1.68. The van der Waals surface area contributed by atoms with Crippen molar-refractivity contribution in [1.29, 1.82) is 0 Å². The summed E-state index contributed by atoms with van der Waals surface area (Å²) in [6, 6.07) is 59.1. The zero-order chi connectivity index (χ0) is 43.9. The van der Waals surface area contributed by atoms with Crippen LogP contribution in [0.1, 0.15) is 0 Å². The lowest BCUT2D eigenvalue weighted by Crippen LogP contribution is -2.58. The Labute approximate surface area is 380 Å². The molecule has 0 amide bonds. The third-order valence-electron chi connectivity index (χ3n) is 12.9. The summed E-state index contributed by atoms with van der Waals surface area (Å²) in [5.41, 5.74) is 14.5. The first kappa shape index (κ1) is 37.8. The monoisotopic (exact) mass is 866 g/mol. The van der Waals surface area contributed by atoms with Gasteiger partial charge in [-0.25, -0.2) is 15.0 Å². The molecule has 1 aliphatic rings. The molecule has 0 atom stereocenters. The lowest BCUT2D eigenvalue weighted by molar-refractivity contribution is 1.06. The van der Waals surface area contributed by atoms with Crippen molar-refractivity contribution in [2.45, 2.75) is 13.1 Å². The second kappa shape index (κ2) is 14.7. The van der Waals surface area contributed by atoms with Crippen molar-refractivity contribution in [1.82, 2.24) is 44.0 Å². The Balaban J connectivity index is 1.25. The number of hydrogen-bond acceptors (Lipinski definition) is 8. The van der Waals surface area contributed by atoms with Crippen LogP contribution >= 0.6 is 0 Å². The van der Waals surface area contributed by atoms with Crippen LogP contribution in [-0.2, 0) is 0 Å². The summed E-state index contributed by atoms with van der Waals surface area (Å²) in [4.78, 5) is 38.1. The summed E-state index contributed by atoms with van der Waals surface area (Å²) in [7, 11) is -2.21. The van der Waals surface area contributed by atoms with Gasteiger partial charge in [0.25, 0.3) is 0 Å². The van der Waals surface area contributed by atoms with E-state index in [4.69, 9.17) is 34.9 Å². The Hall–Kier alpha value is -8.67. The zero-order valence-electron chi connectivity index (χ0n) is 35.9. The highest BCUT2D eigenvalue weighted by Gasteiger charge is 2.40. The molecule has 66 heavy (non-hydrogen) atoms. The lowest BCUT2D eigenvalue weighted by atomic mass is 10.0. The molecule has 1 aliphatic heterocycles. The van der Waals surface area contributed by atoms with E-state index in [-0.39, 0.29) is 0 Å². The van der Waals surface area contributed by atoms with Gasteiger partial charge in [-0.3, -0.25) is 19.9 Å². The highest BCUT2D eigenvalue weighted by Crippen LogP contribution is 2.49. The van der Waals surface area contributed by atoms with E-state index < -0.39 is 8.07 Å². The number of rotatable bonds is 6. The maximum atomic E-state index is 5.33. The zero-order valence-corrected chi connectivity index (χ0v) is 36.9. The molecule has 0 N–H and O–H groups in total. The van der Waals surface area contributed by atoms with E-state index in [1.807, 2.05) is 110 Å². The molecule has 0 fully saturated rings. The van der Waals surface area contributed by atoms with Crippen LogP contribution in [0.2, 0.25) is 13.1 Å². The van der Waals surface area contributed by atoms with Crippen LogP contribution in [0.15, 0.2) is 195 Å². The maximum absolute atomic E-state index is 5.33. The molecule has 312 valence electrons. The van der Waals surface area contributed by atoms with Crippen LogP contribution in [0.3, 0.4) is 0 Å². The van der Waals surface area contributed by atoms with Gasteiger partial charge >= 0.3 is 0 Å². The largest absolute Gasteiger partial charge is 0.307 e. The number of benzene rings is 5. The van der Waals surface area contributed by atoms with Crippen molar-refractivity contribution < 1.29 is 0 Å². The van der Waals surface area contributed by atoms with E-state index >= 15 is 0 Å². The summed E-state index contributed by atoms with van der Waals surface area (Å²) in [6.07, 6.45) is 7.36. The fourth-order valence-electron chi connectivity index (χ4n) is 9.97. The average molecular weight is 867 g/mol. The van der Waals surface area contributed by atoms with Gasteiger partial charge in [-0.2, -0.15) is 0 Å². The molecule has 0 spiro atoms. The first-order valence-corrected chi connectivity index (χ1v) is 25.0. The number of hydrogen-bond donors (Lipinski definition) is 0. The molecule has 11 heteroatoms. The molecule has 7 aromatic heterocycles. The van der Waals surface area contributed by atoms with E-state index in [0.717, 1.165) is 89.3 Å². The molecule has 0 radical (unpaired) electrons. The van der Waals surface area contributed by atoms with Crippen molar-refractivity contribution in [3.63, 3.8) is 0 Å². The first-order chi connectivity index (χ1) is 32.5. The highest BCUT2D eigenvalue weighted by molar-refractivity contribution is 7.02. The van der Waals surface area contributed by atoms with Crippen molar-refractivity contribution in [3.8, 4) is 45.5 Å². The number of nitrogens with zero attached hydrogens (tertiary/aromatic N) is 10. The summed E-state index contributed by atoms with van der Waals surface area (Å²) >= 11 is 0. The molecular weight excluding hydrogens is 829 g/mol. The van der Waals surface area contributed by atoms with Gasteiger partial charge in [0.2, 0.25) is 0 Å². The molecule has 0 bridgehead atoms. The minimum absolute atomic E-state index is 0.527. The Morgan fingerprint density at radius 1 is 0.348 bits per heavy atom. The fraction of sp³-hybridized carbons (Fsp3) is 0.0364. The quantitative estimate of drug-likeness (QED) is 0.152. The van der Waals surface area contributed by atoms with Crippen LogP contribution in [0.25, 0.3) is 89.7 Å². The second-order valence-corrected chi connectivity index (χ2v) is 21.4. The molecule has 12 aromatic rings. The Morgan fingerprint density at radius 2 is 0.697 bits per heavy atom. The Kier molecular flexibility index (Phi) is 8.42. The standard InChI is InChI=1S/C55H38N10Si/c1-66(2)46-27-11-9-21-38(46)65(39-22-10-12-28-47(39)66)52-44(63-40-23-13-29-56-48(40)49-41(63)24-14-30-57-49)33-37(34-45(52)64-42-25-15-31-58-50(42)51-43(64)26-16-32-59-51)55-61-53(35-17-5-3-6-18-35)60-54(62-55)36-19-7-4-8-20-36/h3-34H,1-2H3. The van der Waals surface area contributed by atoms with Gasteiger partial charge in [0.15, 0.2) is 17.5 Å². The van der Waals surface area contributed by atoms with E-state index in [0.29, 0.717) is 17.5 Å². The Morgan fingerprint density at radius 3 is 1.09 bits per heavy atom. The number of pyridine rings is 4. The predicted molar refractivity (Wildman–Crippen MR) is 267 cm³/mol. The minimum Gasteiger partial charge on any atom is -0.307 e. The third kappa shape index (κ3) is 5.70. The summed E-state index contributed by atoms with van der Waals surface area (Å²) in [5, 5.41) is 2.69. The topological polar surface area (TPSA) is 103 Å². The van der Waals surface area contributed by atoms with Gasteiger partial charge < -0.3 is 14.0 Å². The molecule has 10 nitrogen and oxygen atoms in total. The molecular formula is C55H38N10Si. The highest BCUT2D eigenvalue weighted by atomic mass is 28.3. The molecule has 0 saturated carbocycles.